The average Bonchev–Trinajstić information content (AvgIpc) is 3.25. The number of amides is 1. The maximum Gasteiger partial charge on any atom is 0.351 e. The van der Waals surface area contributed by atoms with Crippen LogP contribution in [-0.4, -0.2) is 32.9 Å². The zero-order valence-corrected chi connectivity index (χ0v) is 19.3. The van der Waals surface area contributed by atoms with E-state index in [0.29, 0.717) is 32.0 Å². The Kier molecular flexibility index (Phi) is 6.58. The predicted molar refractivity (Wildman–Crippen MR) is 122 cm³/mol. The summed E-state index contributed by atoms with van der Waals surface area (Å²) in [5.74, 6) is -0.681. The molecule has 32 heavy (non-hydrogen) atoms. The van der Waals surface area contributed by atoms with E-state index in [9.17, 15) is 14.9 Å². The minimum absolute atomic E-state index is 0.299. The number of rotatable bonds is 5. The summed E-state index contributed by atoms with van der Waals surface area (Å²) in [5, 5.41) is 13.5. The fourth-order valence-corrected chi connectivity index (χ4v) is 5.66. The summed E-state index contributed by atoms with van der Waals surface area (Å²) >= 11 is 2.57. The lowest BCUT2D eigenvalue weighted by atomic mass is 10.1. The third kappa shape index (κ3) is 4.54. The van der Waals surface area contributed by atoms with Gasteiger partial charge in [0.05, 0.1) is 11.3 Å². The van der Waals surface area contributed by atoms with Crippen molar-refractivity contribution >= 4 is 39.6 Å². The van der Waals surface area contributed by atoms with Crippen LogP contribution in [0, 0.1) is 18.3 Å². The van der Waals surface area contributed by atoms with Crippen molar-refractivity contribution in [3.63, 3.8) is 0 Å². The molecule has 3 heterocycles. The van der Waals surface area contributed by atoms with E-state index in [0.717, 1.165) is 53.9 Å². The molecule has 10 heteroatoms. The molecule has 1 amide bonds. The Labute approximate surface area is 193 Å². The Morgan fingerprint density at radius 2 is 1.94 bits per heavy atom. The van der Waals surface area contributed by atoms with Gasteiger partial charge in [-0.15, -0.1) is 22.7 Å². The Bertz CT molecular complexity index is 1200. The molecule has 164 valence electrons. The summed E-state index contributed by atoms with van der Waals surface area (Å²) in [4.78, 5) is 39.5. The first-order valence-corrected chi connectivity index (χ1v) is 11.9. The lowest BCUT2D eigenvalue weighted by Crippen LogP contribution is -2.29. The third-order valence-corrected chi connectivity index (χ3v) is 7.50. The molecule has 1 unspecified atom stereocenters. The number of ether oxygens (including phenoxy) is 1. The summed E-state index contributed by atoms with van der Waals surface area (Å²) in [6.45, 7) is 3.21. The quantitative estimate of drug-likeness (QED) is 0.439. The van der Waals surface area contributed by atoms with Gasteiger partial charge in [0.1, 0.15) is 15.9 Å². The van der Waals surface area contributed by atoms with E-state index in [-0.39, 0.29) is 0 Å². The third-order valence-electron chi connectivity index (χ3n) is 5.16. The number of esters is 1. The van der Waals surface area contributed by atoms with Gasteiger partial charge in [-0.25, -0.2) is 19.7 Å². The van der Waals surface area contributed by atoms with Gasteiger partial charge in [-0.3, -0.25) is 4.79 Å². The van der Waals surface area contributed by atoms with Gasteiger partial charge in [0.25, 0.3) is 5.91 Å². The first-order valence-electron chi connectivity index (χ1n) is 10.3. The zero-order chi connectivity index (χ0) is 22.7. The van der Waals surface area contributed by atoms with E-state index >= 15 is 0 Å². The molecule has 1 N–H and O–H groups in total. The number of thiophene rings is 1. The number of aromatic nitrogens is 3. The van der Waals surface area contributed by atoms with Crippen molar-refractivity contribution in [2.24, 2.45) is 0 Å². The first kappa shape index (κ1) is 22.0. The average molecular weight is 468 g/mol. The van der Waals surface area contributed by atoms with E-state index in [1.54, 1.807) is 25.4 Å². The van der Waals surface area contributed by atoms with Crippen LogP contribution >= 0.6 is 22.7 Å². The highest BCUT2D eigenvalue weighted by Crippen LogP contribution is 2.37. The van der Waals surface area contributed by atoms with E-state index < -0.39 is 18.0 Å². The zero-order valence-electron chi connectivity index (χ0n) is 17.7. The SMILES string of the molecule is Cc1nc(-c2ncccn2)sc1C(=O)OC(C)C(=O)Nc1sc2c(c1C#N)CCCCC2. The van der Waals surface area contributed by atoms with Crippen molar-refractivity contribution in [3.05, 3.63) is 45.0 Å². The molecule has 0 saturated carbocycles. The second kappa shape index (κ2) is 9.54. The number of hydrogen-bond donors (Lipinski definition) is 1. The Balaban J connectivity index is 1.45. The van der Waals surface area contributed by atoms with Crippen molar-refractivity contribution in [2.75, 3.05) is 5.32 Å². The number of nitriles is 1. The van der Waals surface area contributed by atoms with Crippen LogP contribution in [0.5, 0.6) is 0 Å². The molecule has 0 spiro atoms. The normalized spacial score (nSPS) is 14.0. The molecule has 0 bridgehead atoms. The molecule has 1 atom stereocenters. The molecule has 3 aromatic rings. The van der Waals surface area contributed by atoms with E-state index in [1.165, 1.54) is 18.3 Å². The molecule has 0 aliphatic heterocycles. The van der Waals surface area contributed by atoms with Crippen molar-refractivity contribution in [3.8, 4) is 16.9 Å². The summed E-state index contributed by atoms with van der Waals surface area (Å²) in [6, 6.07) is 3.93. The topological polar surface area (TPSA) is 118 Å². The molecule has 3 aromatic heterocycles. The minimum atomic E-state index is -1.03. The Morgan fingerprint density at radius 1 is 1.19 bits per heavy atom. The fourth-order valence-electron chi connectivity index (χ4n) is 3.52. The monoisotopic (exact) mass is 467 g/mol. The maximum atomic E-state index is 12.7. The van der Waals surface area contributed by atoms with Gasteiger partial charge < -0.3 is 10.1 Å². The number of anilines is 1. The van der Waals surface area contributed by atoms with Crippen LogP contribution in [0.4, 0.5) is 5.00 Å². The van der Waals surface area contributed by atoms with Crippen LogP contribution in [0.25, 0.3) is 10.8 Å². The number of nitrogens with one attached hydrogen (secondary N) is 1. The van der Waals surface area contributed by atoms with Crippen molar-refractivity contribution in [1.82, 2.24) is 15.0 Å². The van der Waals surface area contributed by atoms with Crippen molar-refractivity contribution in [1.29, 1.82) is 5.26 Å². The van der Waals surface area contributed by atoms with Gasteiger partial charge in [-0.2, -0.15) is 5.26 Å². The van der Waals surface area contributed by atoms with Crippen molar-refractivity contribution in [2.45, 2.75) is 52.1 Å². The summed E-state index contributed by atoms with van der Waals surface area (Å²) in [6.07, 6.45) is 7.23. The van der Waals surface area contributed by atoms with Gasteiger partial charge in [0.2, 0.25) is 0 Å². The molecule has 8 nitrogen and oxygen atoms in total. The smallest absolute Gasteiger partial charge is 0.351 e. The molecule has 4 rings (SSSR count). The lowest BCUT2D eigenvalue weighted by Gasteiger charge is -2.12. The number of thiazole rings is 1. The van der Waals surface area contributed by atoms with Gasteiger partial charge in [0, 0.05) is 17.3 Å². The van der Waals surface area contributed by atoms with E-state index in [4.69, 9.17) is 4.74 Å². The molecule has 1 aliphatic carbocycles. The van der Waals surface area contributed by atoms with Crippen LogP contribution in [0.1, 0.15) is 57.6 Å². The highest BCUT2D eigenvalue weighted by atomic mass is 32.1. The number of nitrogens with zero attached hydrogens (tertiary/aromatic N) is 4. The first-order chi connectivity index (χ1) is 15.5. The summed E-state index contributed by atoms with van der Waals surface area (Å²) in [5.41, 5.74) is 2.07. The van der Waals surface area contributed by atoms with E-state index in [1.807, 2.05) is 0 Å². The van der Waals surface area contributed by atoms with E-state index in [2.05, 4.69) is 26.3 Å². The molecule has 1 aliphatic rings. The predicted octanol–water partition coefficient (Wildman–Crippen LogP) is 4.29. The minimum Gasteiger partial charge on any atom is -0.448 e. The fraction of sp³-hybridized carbons (Fsp3) is 0.364. The standard InChI is InChI=1S/C22H21N5O3S2/c1-12-17(32-21(26-12)18-24-9-6-10-25-18)22(29)30-13(2)19(28)27-20-15(11-23)14-7-4-3-5-8-16(14)31-20/h6,9-10,13H,3-5,7-8H2,1-2H3,(H,27,28). The Hall–Kier alpha value is -3.16. The lowest BCUT2D eigenvalue weighted by molar-refractivity contribution is -0.123. The molecule has 0 aromatic carbocycles. The van der Waals surface area contributed by atoms with Crippen LogP contribution in [0.15, 0.2) is 18.5 Å². The number of hydrogen-bond acceptors (Lipinski definition) is 9. The number of aryl methyl sites for hydroxylation is 2. The maximum absolute atomic E-state index is 12.7. The second-order valence-corrected chi connectivity index (χ2v) is 9.53. The van der Waals surface area contributed by atoms with Gasteiger partial charge in [-0.05, 0) is 51.2 Å². The van der Waals surface area contributed by atoms with Crippen molar-refractivity contribution < 1.29 is 14.3 Å². The summed E-state index contributed by atoms with van der Waals surface area (Å²) in [7, 11) is 0. The molecule has 0 radical (unpaired) electrons. The summed E-state index contributed by atoms with van der Waals surface area (Å²) < 4.78 is 5.40. The molecule has 0 fully saturated rings. The van der Waals surface area contributed by atoms with Crippen LogP contribution in [-0.2, 0) is 22.4 Å². The Morgan fingerprint density at radius 3 is 2.69 bits per heavy atom. The van der Waals surface area contributed by atoms with Gasteiger partial charge >= 0.3 is 5.97 Å². The number of fused-ring (bicyclic) bond motifs is 1. The van der Waals surface area contributed by atoms with Gasteiger partial charge in [0.15, 0.2) is 16.9 Å². The van der Waals surface area contributed by atoms with Crippen LogP contribution in [0.3, 0.4) is 0 Å². The van der Waals surface area contributed by atoms with Crippen LogP contribution < -0.4 is 5.32 Å². The molecular formula is C22H21N5O3S2. The largest absolute Gasteiger partial charge is 0.448 e. The number of carbonyl (C=O) groups excluding carboxylic acids is 2. The molecular weight excluding hydrogens is 446 g/mol. The highest BCUT2D eigenvalue weighted by Gasteiger charge is 2.26. The van der Waals surface area contributed by atoms with Gasteiger partial charge in [-0.1, -0.05) is 6.42 Å². The molecule has 0 saturated heterocycles. The second-order valence-electron chi connectivity index (χ2n) is 7.42. The highest BCUT2D eigenvalue weighted by molar-refractivity contribution is 7.17. The number of carbonyl (C=O) groups is 2. The van der Waals surface area contributed by atoms with Crippen LogP contribution in [0.2, 0.25) is 0 Å².